The number of para-hydroxylation sites is 1. The summed E-state index contributed by atoms with van der Waals surface area (Å²) in [6.07, 6.45) is 8.14. The number of amides is 3. The molecule has 3 amide bonds. The molecule has 5 rings (SSSR count). The van der Waals surface area contributed by atoms with E-state index in [1.54, 1.807) is 4.90 Å². The molecular formula is C26H31N3O2. The zero-order valence-electron chi connectivity index (χ0n) is 18.3. The van der Waals surface area contributed by atoms with Gasteiger partial charge >= 0.3 is 6.03 Å². The molecule has 5 heteroatoms. The number of carbonyl (C=O) groups is 2. The molecule has 2 aromatic rings. The van der Waals surface area contributed by atoms with Crippen LogP contribution >= 0.6 is 0 Å². The SMILES string of the molecule is CN(C(=O)N1CCc2cc(C(=O)N3CCC[C@H]4CCCC[C@H]43)ccc21)c1ccccc1. The van der Waals surface area contributed by atoms with E-state index in [0.717, 1.165) is 48.3 Å². The maximum absolute atomic E-state index is 13.4. The van der Waals surface area contributed by atoms with Crippen molar-refractivity contribution in [3.05, 3.63) is 59.7 Å². The number of nitrogens with zero attached hydrogens (tertiary/aromatic N) is 3. The van der Waals surface area contributed by atoms with E-state index in [4.69, 9.17) is 0 Å². The molecule has 1 aliphatic carbocycles. The molecule has 1 saturated carbocycles. The van der Waals surface area contributed by atoms with Crippen molar-refractivity contribution in [2.75, 3.05) is 29.9 Å². The molecule has 2 atom stereocenters. The van der Waals surface area contributed by atoms with Gasteiger partial charge in [-0.05, 0) is 73.9 Å². The summed E-state index contributed by atoms with van der Waals surface area (Å²) in [5, 5.41) is 0. The molecule has 0 N–H and O–H groups in total. The molecule has 3 aliphatic rings. The molecule has 2 fully saturated rings. The van der Waals surface area contributed by atoms with E-state index >= 15 is 0 Å². The highest BCUT2D eigenvalue weighted by atomic mass is 16.2. The predicted octanol–water partition coefficient (Wildman–Crippen LogP) is 5.10. The van der Waals surface area contributed by atoms with Crippen LogP contribution in [0.2, 0.25) is 0 Å². The Morgan fingerprint density at radius 3 is 2.55 bits per heavy atom. The first-order chi connectivity index (χ1) is 15.1. The highest BCUT2D eigenvalue weighted by molar-refractivity contribution is 6.05. The van der Waals surface area contributed by atoms with Crippen LogP contribution in [0, 0.1) is 5.92 Å². The van der Waals surface area contributed by atoms with Crippen molar-refractivity contribution in [3.63, 3.8) is 0 Å². The van der Waals surface area contributed by atoms with E-state index in [-0.39, 0.29) is 11.9 Å². The number of fused-ring (bicyclic) bond motifs is 2. The first-order valence-electron chi connectivity index (χ1n) is 11.7. The van der Waals surface area contributed by atoms with Gasteiger partial charge in [0.1, 0.15) is 0 Å². The molecule has 2 aliphatic heterocycles. The highest BCUT2D eigenvalue weighted by Gasteiger charge is 2.36. The number of carbonyl (C=O) groups excluding carboxylic acids is 2. The minimum atomic E-state index is -0.0369. The highest BCUT2D eigenvalue weighted by Crippen LogP contribution is 2.37. The normalized spacial score (nSPS) is 22.6. The number of urea groups is 1. The number of piperidine rings is 1. The number of hydrogen-bond donors (Lipinski definition) is 0. The topological polar surface area (TPSA) is 43.9 Å². The maximum atomic E-state index is 13.4. The van der Waals surface area contributed by atoms with Crippen LogP contribution in [-0.4, -0.2) is 43.0 Å². The monoisotopic (exact) mass is 417 g/mol. The molecule has 5 nitrogen and oxygen atoms in total. The summed E-state index contributed by atoms with van der Waals surface area (Å²) in [6, 6.07) is 16.0. The second-order valence-corrected chi connectivity index (χ2v) is 9.17. The Morgan fingerprint density at radius 1 is 0.935 bits per heavy atom. The zero-order chi connectivity index (χ0) is 21.4. The van der Waals surface area contributed by atoms with Crippen LogP contribution in [0.3, 0.4) is 0 Å². The van der Waals surface area contributed by atoms with Crippen molar-refractivity contribution in [1.82, 2.24) is 4.90 Å². The van der Waals surface area contributed by atoms with E-state index in [1.165, 1.54) is 25.7 Å². The van der Waals surface area contributed by atoms with Crippen LogP contribution in [0.4, 0.5) is 16.2 Å². The lowest BCUT2D eigenvalue weighted by Gasteiger charge is -2.44. The molecule has 0 unspecified atom stereocenters. The molecule has 31 heavy (non-hydrogen) atoms. The number of benzene rings is 2. The van der Waals surface area contributed by atoms with Gasteiger partial charge in [-0.1, -0.05) is 31.0 Å². The Hall–Kier alpha value is -2.82. The standard InChI is InChI=1S/C26H31N3O2/c1-27(22-10-3-2-4-11-22)26(31)29-17-15-20-18-21(13-14-24(20)29)25(30)28-16-7-9-19-8-5-6-12-23(19)28/h2-4,10-11,13-14,18-19,23H,5-9,12,15-17H2,1H3/t19-,23-/m1/s1. The van der Waals surface area contributed by atoms with Crippen LogP contribution in [0.5, 0.6) is 0 Å². The summed E-state index contributed by atoms with van der Waals surface area (Å²) in [7, 11) is 1.81. The largest absolute Gasteiger partial charge is 0.335 e. The van der Waals surface area contributed by atoms with E-state index in [0.29, 0.717) is 18.5 Å². The molecule has 0 aromatic heterocycles. The molecule has 2 heterocycles. The lowest BCUT2D eigenvalue weighted by atomic mass is 9.78. The van der Waals surface area contributed by atoms with Gasteiger partial charge in [0.25, 0.3) is 5.91 Å². The third-order valence-corrected chi connectivity index (χ3v) is 7.39. The Labute approximate surface area is 184 Å². The van der Waals surface area contributed by atoms with E-state index in [1.807, 2.05) is 60.5 Å². The fraction of sp³-hybridized carbons (Fsp3) is 0.462. The first kappa shape index (κ1) is 20.1. The van der Waals surface area contributed by atoms with Gasteiger partial charge in [0.15, 0.2) is 0 Å². The second-order valence-electron chi connectivity index (χ2n) is 9.17. The Kier molecular flexibility index (Phi) is 5.43. The first-order valence-corrected chi connectivity index (χ1v) is 11.7. The summed E-state index contributed by atoms with van der Waals surface area (Å²) in [4.78, 5) is 32.2. The number of hydrogen-bond acceptors (Lipinski definition) is 2. The van der Waals surface area contributed by atoms with Crippen molar-refractivity contribution < 1.29 is 9.59 Å². The predicted molar refractivity (Wildman–Crippen MR) is 124 cm³/mol. The fourth-order valence-corrected chi connectivity index (χ4v) is 5.72. The Morgan fingerprint density at radius 2 is 1.71 bits per heavy atom. The van der Waals surface area contributed by atoms with Crippen LogP contribution in [0.25, 0.3) is 0 Å². The van der Waals surface area contributed by atoms with Gasteiger partial charge in [0.05, 0.1) is 0 Å². The lowest BCUT2D eigenvalue weighted by Crippen LogP contribution is -2.49. The number of rotatable bonds is 2. The Bertz CT molecular complexity index is 972. The molecular weight excluding hydrogens is 386 g/mol. The van der Waals surface area contributed by atoms with E-state index < -0.39 is 0 Å². The molecule has 0 radical (unpaired) electrons. The average molecular weight is 418 g/mol. The molecule has 0 bridgehead atoms. The van der Waals surface area contributed by atoms with Gasteiger partial charge < -0.3 is 4.90 Å². The van der Waals surface area contributed by atoms with Crippen LogP contribution < -0.4 is 9.80 Å². The lowest BCUT2D eigenvalue weighted by molar-refractivity contribution is 0.0390. The van der Waals surface area contributed by atoms with Crippen LogP contribution in [-0.2, 0) is 6.42 Å². The Balaban J connectivity index is 1.34. The quantitative estimate of drug-likeness (QED) is 0.682. The zero-order valence-corrected chi connectivity index (χ0v) is 18.3. The fourth-order valence-electron chi connectivity index (χ4n) is 5.72. The van der Waals surface area contributed by atoms with Gasteiger partial charge in [-0.25, -0.2) is 4.79 Å². The van der Waals surface area contributed by atoms with Crippen molar-refractivity contribution >= 4 is 23.3 Å². The molecule has 0 spiro atoms. The third kappa shape index (κ3) is 3.71. The molecule has 1 saturated heterocycles. The minimum absolute atomic E-state index is 0.0369. The summed E-state index contributed by atoms with van der Waals surface area (Å²) < 4.78 is 0. The minimum Gasteiger partial charge on any atom is -0.335 e. The van der Waals surface area contributed by atoms with Crippen molar-refractivity contribution in [2.24, 2.45) is 5.92 Å². The van der Waals surface area contributed by atoms with E-state index in [9.17, 15) is 9.59 Å². The van der Waals surface area contributed by atoms with Crippen molar-refractivity contribution in [3.8, 4) is 0 Å². The van der Waals surface area contributed by atoms with Gasteiger partial charge in [-0.2, -0.15) is 0 Å². The summed E-state index contributed by atoms with van der Waals surface area (Å²) >= 11 is 0. The van der Waals surface area contributed by atoms with Crippen LogP contribution in [0.1, 0.15) is 54.4 Å². The van der Waals surface area contributed by atoms with Crippen molar-refractivity contribution in [1.29, 1.82) is 0 Å². The van der Waals surface area contributed by atoms with Crippen LogP contribution in [0.15, 0.2) is 48.5 Å². The van der Waals surface area contributed by atoms with Crippen molar-refractivity contribution in [2.45, 2.75) is 51.0 Å². The number of likely N-dealkylation sites (tertiary alicyclic amines) is 1. The molecule has 2 aromatic carbocycles. The summed E-state index contributed by atoms with van der Waals surface area (Å²) in [5.41, 5.74) is 3.67. The smallest absolute Gasteiger partial charge is 0.328 e. The average Bonchev–Trinajstić information content (AvgIpc) is 3.26. The summed E-state index contributed by atoms with van der Waals surface area (Å²) in [5.74, 6) is 0.855. The van der Waals surface area contributed by atoms with Gasteiger partial charge in [-0.15, -0.1) is 0 Å². The van der Waals surface area contributed by atoms with Gasteiger partial charge in [0.2, 0.25) is 0 Å². The molecule has 162 valence electrons. The van der Waals surface area contributed by atoms with Gasteiger partial charge in [-0.3, -0.25) is 14.6 Å². The second kappa shape index (κ2) is 8.37. The summed E-state index contributed by atoms with van der Waals surface area (Å²) in [6.45, 7) is 1.53. The van der Waals surface area contributed by atoms with E-state index in [2.05, 4.69) is 4.90 Å². The van der Waals surface area contributed by atoms with Gasteiger partial charge in [0, 0.05) is 43.1 Å². The third-order valence-electron chi connectivity index (χ3n) is 7.39. The number of anilines is 2. The maximum Gasteiger partial charge on any atom is 0.328 e.